The van der Waals surface area contributed by atoms with Crippen LogP contribution < -0.4 is 19.5 Å². The molecular formula is C24H30N2O5. The average molecular weight is 427 g/mol. The van der Waals surface area contributed by atoms with Crippen LogP contribution in [0.1, 0.15) is 24.0 Å². The third-order valence-electron chi connectivity index (χ3n) is 5.41. The van der Waals surface area contributed by atoms with Crippen LogP contribution >= 0.6 is 0 Å². The van der Waals surface area contributed by atoms with Gasteiger partial charge in [0.25, 0.3) is 5.91 Å². The minimum Gasteiger partial charge on any atom is -0.493 e. The first-order chi connectivity index (χ1) is 15.0. The molecule has 0 unspecified atom stereocenters. The van der Waals surface area contributed by atoms with Gasteiger partial charge < -0.3 is 24.4 Å². The number of amides is 2. The van der Waals surface area contributed by atoms with Gasteiger partial charge in [-0.15, -0.1) is 0 Å². The summed E-state index contributed by atoms with van der Waals surface area (Å²) in [5, 5.41) is 3.08. The molecule has 0 spiro atoms. The lowest BCUT2D eigenvalue weighted by Crippen LogP contribution is -2.48. The molecule has 7 heteroatoms. The fourth-order valence-electron chi connectivity index (χ4n) is 3.60. The minimum atomic E-state index is -0.0419. The molecule has 31 heavy (non-hydrogen) atoms. The quantitative estimate of drug-likeness (QED) is 0.702. The van der Waals surface area contributed by atoms with Gasteiger partial charge in [-0.3, -0.25) is 9.59 Å². The Kier molecular flexibility index (Phi) is 7.76. The maximum Gasteiger partial charge on any atom is 0.260 e. The van der Waals surface area contributed by atoms with Gasteiger partial charge in [0.15, 0.2) is 18.1 Å². The van der Waals surface area contributed by atoms with E-state index in [0.717, 1.165) is 24.0 Å². The summed E-state index contributed by atoms with van der Waals surface area (Å²) in [4.78, 5) is 26.7. The molecule has 1 saturated heterocycles. The first-order valence-electron chi connectivity index (χ1n) is 10.5. The number of aryl methyl sites for hydroxylation is 1. The van der Waals surface area contributed by atoms with E-state index >= 15 is 0 Å². The SMILES string of the molecule is COc1ccc(CC(=O)NC2CCN(C(=O)COc3ccc(C)cc3)CC2)cc1OC. The number of rotatable bonds is 8. The van der Waals surface area contributed by atoms with Crippen molar-refractivity contribution in [2.24, 2.45) is 0 Å². The molecule has 1 fully saturated rings. The standard InChI is InChI=1S/C24H30N2O5/c1-17-4-7-20(8-5-17)31-16-24(28)26-12-10-19(11-13-26)25-23(27)15-18-6-9-21(29-2)22(14-18)30-3/h4-9,14,19H,10-13,15-16H2,1-3H3,(H,25,27). The van der Waals surface area contributed by atoms with E-state index in [1.807, 2.05) is 43.3 Å². The van der Waals surface area contributed by atoms with Crippen molar-refractivity contribution in [3.63, 3.8) is 0 Å². The van der Waals surface area contributed by atoms with Crippen LogP contribution in [0.25, 0.3) is 0 Å². The smallest absolute Gasteiger partial charge is 0.260 e. The van der Waals surface area contributed by atoms with Crippen LogP contribution in [0.3, 0.4) is 0 Å². The summed E-state index contributed by atoms with van der Waals surface area (Å²) in [5.74, 6) is 1.86. The van der Waals surface area contributed by atoms with Gasteiger partial charge in [0.1, 0.15) is 5.75 Å². The van der Waals surface area contributed by atoms with Gasteiger partial charge in [-0.05, 0) is 49.6 Å². The molecule has 2 amide bonds. The van der Waals surface area contributed by atoms with Crippen LogP contribution in [0.5, 0.6) is 17.2 Å². The molecule has 0 radical (unpaired) electrons. The van der Waals surface area contributed by atoms with E-state index in [-0.39, 0.29) is 30.9 Å². The molecule has 0 aliphatic carbocycles. The molecule has 1 N–H and O–H groups in total. The topological polar surface area (TPSA) is 77.1 Å². The van der Waals surface area contributed by atoms with Gasteiger partial charge >= 0.3 is 0 Å². The van der Waals surface area contributed by atoms with Gasteiger partial charge in [-0.25, -0.2) is 0 Å². The molecule has 2 aromatic rings. The van der Waals surface area contributed by atoms with Gasteiger partial charge in [-0.2, -0.15) is 0 Å². The zero-order chi connectivity index (χ0) is 22.2. The van der Waals surface area contributed by atoms with Gasteiger partial charge in [0, 0.05) is 19.1 Å². The first kappa shape index (κ1) is 22.5. The summed E-state index contributed by atoms with van der Waals surface area (Å²) in [5.41, 5.74) is 2.00. The van der Waals surface area contributed by atoms with Crippen molar-refractivity contribution in [1.82, 2.24) is 10.2 Å². The number of carbonyl (C=O) groups is 2. The predicted molar refractivity (Wildman–Crippen MR) is 118 cm³/mol. The third-order valence-corrected chi connectivity index (χ3v) is 5.41. The molecule has 0 bridgehead atoms. The van der Waals surface area contributed by atoms with Gasteiger partial charge in [0.2, 0.25) is 5.91 Å². The molecule has 1 heterocycles. The first-order valence-corrected chi connectivity index (χ1v) is 10.5. The number of carbonyl (C=O) groups excluding carboxylic acids is 2. The molecule has 1 aliphatic heterocycles. The molecule has 0 saturated carbocycles. The van der Waals surface area contributed by atoms with Crippen LogP contribution in [0.4, 0.5) is 0 Å². The van der Waals surface area contributed by atoms with Crippen molar-refractivity contribution in [3.05, 3.63) is 53.6 Å². The molecule has 0 atom stereocenters. The van der Waals surface area contributed by atoms with Crippen LogP contribution in [0.15, 0.2) is 42.5 Å². The van der Waals surface area contributed by atoms with E-state index in [0.29, 0.717) is 30.3 Å². The Morgan fingerprint density at radius 3 is 2.32 bits per heavy atom. The van der Waals surface area contributed by atoms with Crippen molar-refractivity contribution in [2.45, 2.75) is 32.2 Å². The van der Waals surface area contributed by atoms with E-state index in [1.54, 1.807) is 25.2 Å². The Hall–Kier alpha value is -3.22. The second-order valence-corrected chi connectivity index (χ2v) is 7.69. The summed E-state index contributed by atoms with van der Waals surface area (Å²) in [6, 6.07) is 13.2. The highest BCUT2D eigenvalue weighted by atomic mass is 16.5. The molecule has 0 aromatic heterocycles. The predicted octanol–water partition coefficient (Wildman–Crippen LogP) is 2.74. The van der Waals surface area contributed by atoms with Crippen LogP contribution in [0.2, 0.25) is 0 Å². The largest absolute Gasteiger partial charge is 0.493 e. The van der Waals surface area contributed by atoms with E-state index in [1.165, 1.54) is 0 Å². The van der Waals surface area contributed by atoms with E-state index in [4.69, 9.17) is 14.2 Å². The number of likely N-dealkylation sites (tertiary alicyclic amines) is 1. The normalized spacial score (nSPS) is 14.1. The molecule has 166 valence electrons. The summed E-state index contributed by atoms with van der Waals surface area (Å²) in [7, 11) is 3.15. The van der Waals surface area contributed by atoms with E-state index < -0.39 is 0 Å². The minimum absolute atomic E-state index is 0.0272. The van der Waals surface area contributed by atoms with Crippen molar-refractivity contribution in [1.29, 1.82) is 0 Å². The number of nitrogens with zero attached hydrogens (tertiary/aromatic N) is 1. The fraction of sp³-hybridized carbons (Fsp3) is 0.417. The highest BCUT2D eigenvalue weighted by Crippen LogP contribution is 2.27. The number of hydrogen-bond donors (Lipinski definition) is 1. The lowest BCUT2D eigenvalue weighted by Gasteiger charge is -2.32. The fourth-order valence-corrected chi connectivity index (χ4v) is 3.60. The second-order valence-electron chi connectivity index (χ2n) is 7.69. The number of ether oxygens (including phenoxy) is 3. The molecule has 2 aromatic carbocycles. The van der Waals surface area contributed by atoms with Crippen molar-refractivity contribution >= 4 is 11.8 Å². The lowest BCUT2D eigenvalue weighted by atomic mass is 10.0. The number of nitrogens with one attached hydrogen (secondary N) is 1. The number of methoxy groups -OCH3 is 2. The Morgan fingerprint density at radius 2 is 1.68 bits per heavy atom. The average Bonchev–Trinajstić information content (AvgIpc) is 2.78. The Labute approximate surface area is 183 Å². The summed E-state index contributed by atoms with van der Waals surface area (Å²) in [6.45, 7) is 3.25. The monoisotopic (exact) mass is 426 g/mol. The lowest BCUT2D eigenvalue weighted by molar-refractivity contribution is -0.134. The maximum absolute atomic E-state index is 12.4. The molecule has 7 nitrogen and oxygen atoms in total. The third kappa shape index (κ3) is 6.38. The van der Waals surface area contributed by atoms with Crippen LogP contribution in [-0.4, -0.2) is 56.7 Å². The van der Waals surface area contributed by atoms with Gasteiger partial charge in [0.05, 0.1) is 20.6 Å². The number of benzene rings is 2. The highest BCUT2D eigenvalue weighted by molar-refractivity contribution is 5.79. The summed E-state index contributed by atoms with van der Waals surface area (Å²) < 4.78 is 16.1. The van der Waals surface area contributed by atoms with Crippen LogP contribution in [0, 0.1) is 6.92 Å². The molecular weight excluding hydrogens is 396 g/mol. The Balaban J connectivity index is 1.41. The maximum atomic E-state index is 12.4. The zero-order valence-corrected chi connectivity index (χ0v) is 18.3. The summed E-state index contributed by atoms with van der Waals surface area (Å²) in [6.07, 6.45) is 1.73. The van der Waals surface area contributed by atoms with Crippen molar-refractivity contribution in [3.8, 4) is 17.2 Å². The Bertz CT molecular complexity index is 889. The van der Waals surface area contributed by atoms with Crippen molar-refractivity contribution in [2.75, 3.05) is 33.9 Å². The van der Waals surface area contributed by atoms with Crippen molar-refractivity contribution < 1.29 is 23.8 Å². The van der Waals surface area contributed by atoms with E-state index in [2.05, 4.69) is 5.32 Å². The number of hydrogen-bond acceptors (Lipinski definition) is 5. The second kappa shape index (κ2) is 10.7. The number of piperidine rings is 1. The van der Waals surface area contributed by atoms with Crippen LogP contribution in [-0.2, 0) is 16.0 Å². The molecule has 3 rings (SSSR count). The molecule has 1 aliphatic rings. The van der Waals surface area contributed by atoms with Gasteiger partial charge in [-0.1, -0.05) is 23.8 Å². The highest BCUT2D eigenvalue weighted by Gasteiger charge is 2.24. The Morgan fingerprint density at radius 1 is 1.00 bits per heavy atom. The zero-order valence-electron chi connectivity index (χ0n) is 18.3. The summed E-state index contributed by atoms with van der Waals surface area (Å²) >= 11 is 0. The van der Waals surface area contributed by atoms with E-state index in [9.17, 15) is 9.59 Å².